The van der Waals surface area contributed by atoms with Crippen molar-refractivity contribution in [2.75, 3.05) is 11.1 Å². The summed E-state index contributed by atoms with van der Waals surface area (Å²) in [6, 6.07) is 7.63. The summed E-state index contributed by atoms with van der Waals surface area (Å²) >= 11 is 1.29. The molecule has 0 saturated carbocycles. The molecule has 5 nitrogen and oxygen atoms in total. The van der Waals surface area contributed by atoms with Gasteiger partial charge in [0.2, 0.25) is 5.91 Å². The normalized spacial score (nSPS) is 12.0. The number of anilines is 2. The van der Waals surface area contributed by atoms with Gasteiger partial charge in [0.15, 0.2) is 5.16 Å². The highest BCUT2D eigenvalue weighted by Gasteiger charge is 2.17. The Morgan fingerprint density at radius 1 is 1.23 bits per heavy atom. The van der Waals surface area contributed by atoms with Crippen molar-refractivity contribution in [2.24, 2.45) is 0 Å². The fourth-order valence-electron chi connectivity index (χ4n) is 2.02. The number of hydrogen-bond donors (Lipinski definition) is 2. The number of nitrogen functional groups attached to an aromatic ring is 1. The molecule has 3 N–H and O–H groups in total. The SMILES string of the molecule is Cc1ccc(NC(=O)[C@@H](C)Sc2nc(C)cc(N)n2)c(C)c1. The minimum Gasteiger partial charge on any atom is -0.384 e. The number of hydrogen-bond acceptors (Lipinski definition) is 5. The number of nitrogens with zero attached hydrogens (tertiary/aromatic N) is 2. The molecule has 0 unspecified atom stereocenters. The molecule has 2 rings (SSSR count). The van der Waals surface area contributed by atoms with Crippen LogP contribution in [0.25, 0.3) is 0 Å². The summed E-state index contributed by atoms with van der Waals surface area (Å²) in [6.07, 6.45) is 0. The fourth-order valence-corrected chi connectivity index (χ4v) is 2.85. The predicted molar refractivity (Wildman–Crippen MR) is 91.0 cm³/mol. The lowest BCUT2D eigenvalue weighted by Crippen LogP contribution is -2.23. The number of rotatable bonds is 4. The lowest BCUT2D eigenvalue weighted by Gasteiger charge is -2.13. The molecule has 0 saturated heterocycles. The Balaban J connectivity index is 2.05. The molecule has 0 bridgehead atoms. The average Bonchev–Trinajstić information content (AvgIpc) is 2.40. The first-order chi connectivity index (χ1) is 10.3. The number of aryl methyl sites for hydroxylation is 3. The van der Waals surface area contributed by atoms with Crippen LogP contribution in [0.1, 0.15) is 23.7 Å². The van der Waals surface area contributed by atoms with Crippen LogP contribution in [-0.2, 0) is 4.79 Å². The molecule has 0 fully saturated rings. The second-order valence-corrected chi connectivity index (χ2v) is 6.59. The molecule has 22 heavy (non-hydrogen) atoms. The standard InChI is InChI=1S/C16H20N4OS/c1-9-5-6-13(10(2)7-9)19-15(21)12(4)22-16-18-11(3)8-14(17)20-16/h5-8,12H,1-4H3,(H,19,21)(H2,17,18,20)/t12-/m1/s1. The first-order valence-corrected chi connectivity index (χ1v) is 7.89. The number of nitrogens with two attached hydrogens (primary N) is 1. The van der Waals surface area contributed by atoms with Gasteiger partial charge in [-0.25, -0.2) is 9.97 Å². The Hall–Kier alpha value is -2.08. The smallest absolute Gasteiger partial charge is 0.237 e. The Labute approximate surface area is 134 Å². The number of aromatic nitrogens is 2. The Kier molecular flexibility index (Phi) is 5.03. The van der Waals surface area contributed by atoms with Crippen LogP contribution in [0.15, 0.2) is 29.4 Å². The van der Waals surface area contributed by atoms with Crippen LogP contribution in [0.3, 0.4) is 0 Å². The molecule has 1 aromatic carbocycles. The summed E-state index contributed by atoms with van der Waals surface area (Å²) in [7, 11) is 0. The van der Waals surface area contributed by atoms with Crippen molar-refractivity contribution >= 4 is 29.2 Å². The highest BCUT2D eigenvalue weighted by Crippen LogP contribution is 2.23. The van der Waals surface area contributed by atoms with E-state index in [1.165, 1.54) is 17.3 Å². The third-order valence-corrected chi connectivity index (χ3v) is 4.11. The van der Waals surface area contributed by atoms with Crippen molar-refractivity contribution in [3.05, 3.63) is 41.1 Å². The molecule has 1 aromatic heterocycles. The van der Waals surface area contributed by atoms with Gasteiger partial charge in [-0.15, -0.1) is 0 Å². The topological polar surface area (TPSA) is 80.9 Å². The molecular weight excluding hydrogens is 296 g/mol. The molecule has 6 heteroatoms. The maximum absolute atomic E-state index is 12.3. The Morgan fingerprint density at radius 2 is 1.95 bits per heavy atom. The molecule has 0 radical (unpaired) electrons. The lowest BCUT2D eigenvalue weighted by atomic mass is 10.1. The van der Waals surface area contributed by atoms with E-state index in [1.54, 1.807) is 6.07 Å². The van der Waals surface area contributed by atoms with Crippen molar-refractivity contribution in [1.29, 1.82) is 0 Å². The molecule has 0 spiro atoms. The van der Waals surface area contributed by atoms with Crippen molar-refractivity contribution in [3.63, 3.8) is 0 Å². The monoisotopic (exact) mass is 316 g/mol. The highest BCUT2D eigenvalue weighted by atomic mass is 32.2. The maximum Gasteiger partial charge on any atom is 0.237 e. The molecule has 0 aliphatic carbocycles. The number of benzene rings is 1. The first kappa shape index (κ1) is 16.3. The molecular formula is C16H20N4OS. The van der Waals surface area contributed by atoms with E-state index in [0.29, 0.717) is 11.0 Å². The van der Waals surface area contributed by atoms with Crippen LogP contribution in [0.4, 0.5) is 11.5 Å². The van der Waals surface area contributed by atoms with Crippen LogP contribution < -0.4 is 11.1 Å². The minimum atomic E-state index is -0.318. The van der Waals surface area contributed by atoms with E-state index in [1.807, 2.05) is 45.9 Å². The van der Waals surface area contributed by atoms with Gasteiger partial charge < -0.3 is 11.1 Å². The van der Waals surface area contributed by atoms with Crippen molar-refractivity contribution < 1.29 is 4.79 Å². The van der Waals surface area contributed by atoms with E-state index < -0.39 is 0 Å². The summed E-state index contributed by atoms with van der Waals surface area (Å²) in [5.41, 5.74) is 9.53. The lowest BCUT2D eigenvalue weighted by molar-refractivity contribution is -0.115. The molecule has 116 valence electrons. The van der Waals surface area contributed by atoms with Crippen molar-refractivity contribution in [3.8, 4) is 0 Å². The average molecular weight is 316 g/mol. The summed E-state index contributed by atoms with van der Waals surface area (Å²) in [5.74, 6) is 0.331. The van der Waals surface area contributed by atoms with Crippen LogP contribution in [0.5, 0.6) is 0 Å². The molecule has 2 aromatic rings. The fraction of sp³-hybridized carbons (Fsp3) is 0.312. The van der Waals surface area contributed by atoms with Gasteiger partial charge >= 0.3 is 0 Å². The number of carbonyl (C=O) groups is 1. The van der Waals surface area contributed by atoms with Gasteiger partial charge in [-0.3, -0.25) is 4.79 Å². The van der Waals surface area contributed by atoms with Gasteiger partial charge in [0.1, 0.15) is 5.82 Å². The van der Waals surface area contributed by atoms with E-state index in [0.717, 1.165) is 16.9 Å². The van der Waals surface area contributed by atoms with Gasteiger partial charge in [-0.2, -0.15) is 0 Å². The van der Waals surface area contributed by atoms with Crippen LogP contribution in [-0.4, -0.2) is 21.1 Å². The third kappa shape index (κ3) is 4.21. The van der Waals surface area contributed by atoms with Gasteiger partial charge in [0.25, 0.3) is 0 Å². The second kappa shape index (κ2) is 6.79. The second-order valence-electron chi connectivity index (χ2n) is 5.28. The van der Waals surface area contributed by atoms with Crippen LogP contribution in [0.2, 0.25) is 0 Å². The van der Waals surface area contributed by atoms with E-state index in [2.05, 4.69) is 15.3 Å². The summed E-state index contributed by atoms with van der Waals surface area (Å²) < 4.78 is 0. The largest absolute Gasteiger partial charge is 0.384 e. The minimum absolute atomic E-state index is 0.0827. The van der Waals surface area contributed by atoms with E-state index in [9.17, 15) is 4.79 Å². The predicted octanol–water partition coefficient (Wildman–Crippen LogP) is 3.10. The summed E-state index contributed by atoms with van der Waals surface area (Å²) in [5, 5.41) is 3.14. The molecule has 1 atom stereocenters. The third-order valence-electron chi connectivity index (χ3n) is 3.14. The van der Waals surface area contributed by atoms with E-state index >= 15 is 0 Å². The summed E-state index contributed by atoms with van der Waals surface area (Å²) in [4.78, 5) is 20.7. The van der Waals surface area contributed by atoms with Gasteiger partial charge in [0.05, 0.1) is 5.25 Å². The summed E-state index contributed by atoms with van der Waals surface area (Å²) in [6.45, 7) is 7.68. The molecule has 1 amide bonds. The van der Waals surface area contributed by atoms with Crippen LogP contribution in [0, 0.1) is 20.8 Å². The maximum atomic E-state index is 12.3. The highest BCUT2D eigenvalue weighted by molar-refractivity contribution is 8.00. The van der Waals surface area contributed by atoms with E-state index in [-0.39, 0.29) is 11.2 Å². The number of nitrogens with one attached hydrogen (secondary N) is 1. The Bertz CT molecular complexity index is 682. The number of amides is 1. The number of thioether (sulfide) groups is 1. The van der Waals surface area contributed by atoms with Crippen LogP contribution >= 0.6 is 11.8 Å². The molecule has 0 aliphatic heterocycles. The van der Waals surface area contributed by atoms with Crippen molar-refractivity contribution in [1.82, 2.24) is 9.97 Å². The van der Waals surface area contributed by atoms with Gasteiger partial charge in [0, 0.05) is 17.4 Å². The Morgan fingerprint density at radius 3 is 2.59 bits per heavy atom. The van der Waals surface area contributed by atoms with E-state index in [4.69, 9.17) is 5.73 Å². The van der Waals surface area contributed by atoms with Crippen molar-refractivity contribution in [2.45, 2.75) is 38.1 Å². The zero-order chi connectivity index (χ0) is 16.3. The molecule has 0 aliphatic rings. The molecule has 1 heterocycles. The first-order valence-electron chi connectivity index (χ1n) is 7.01. The zero-order valence-corrected chi connectivity index (χ0v) is 14.0. The van der Waals surface area contributed by atoms with Gasteiger partial charge in [-0.05, 0) is 39.3 Å². The van der Waals surface area contributed by atoms with Gasteiger partial charge in [-0.1, -0.05) is 29.5 Å². The number of carbonyl (C=O) groups excluding carboxylic acids is 1. The zero-order valence-electron chi connectivity index (χ0n) is 13.2. The quantitative estimate of drug-likeness (QED) is 0.669.